The van der Waals surface area contributed by atoms with Gasteiger partial charge in [0.1, 0.15) is 0 Å². The Labute approximate surface area is 235 Å². The fourth-order valence-electron chi connectivity index (χ4n) is 5.40. The van der Waals surface area contributed by atoms with Crippen molar-refractivity contribution in [2.24, 2.45) is 0 Å². The summed E-state index contributed by atoms with van der Waals surface area (Å²) in [6.07, 6.45) is 41.9. The Morgan fingerprint density at radius 2 is 0.528 bits per heavy atom. The van der Waals surface area contributed by atoms with Crippen LogP contribution in [0.4, 0.5) is 0 Å². The van der Waals surface area contributed by atoms with E-state index in [4.69, 9.17) is 11.6 Å². The van der Waals surface area contributed by atoms with Crippen molar-refractivity contribution in [1.29, 1.82) is 0 Å². The minimum Gasteiger partial charge on any atom is -0.358 e. The molecule has 0 heterocycles. The molecule has 0 aromatic rings. The molecule has 220 valence electrons. The smallest absolute Gasteiger partial charge is 0.170 e. The van der Waals surface area contributed by atoms with Crippen molar-refractivity contribution in [3.05, 3.63) is 7.43 Å². The van der Waals surface area contributed by atoms with Gasteiger partial charge in [-0.3, -0.25) is 0 Å². The van der Waals surface area contributed by atoms with E-state index in [9.17, 15) is 0 Å². The summed E-state index contributed by atoms with van der Waals surface area (Å²) in [7, 11) is 0. The quantitative estimate of drug-likeness (QED) is 0.0414. The molecule has 0 aromatic carbocycles. The molecular formula is C34H72ClN. The van der Waals surface area contributed by atoms with E-state index in [-0.39, 0.29) is 12.4 Å². The van der Waals surface area contributed by atoms with E-state index in [0.29, 0.717) is 0 Å². The SMILES string of the molecule is CCCCCCCCCCCCCCCCC([NH3+])(Cl)CCCCCCCCCCCCCCCC.[CH3-]. The first-order valence-electron chi connectivity index (χ1n) is 16.7. The number of unbranched alkanes of at least 4 members (excludes halogenated alkanes) is 26. The standard InChI is InChI=1S/C33H68ClN.CH3/c1-3-5-7-9-11-13-15-17-19-21-23-25-27-29-31-33(34,35)32-30-28-26-24-22-20-18-16-14-12-10-8-6-4-2;/h3-32,35H2,1-2H3;1H3/q;-1/p+1. The summed E-state index contributed by atoms with van der Waals surface area (Å²) in [4.78, 5) is -0.200. The molecule has 3 N–H and O–H groups in total. The summed E-state index contributed by atoms with van der Waals surface area (Å²) >= 11 is 6.73. The van der Waals surface area contributed by atoms with Crippen LogP contribution in [0.3, 0.4) is 0 Å². The van der Waals surface area contributed by atoms with Gasteiger partial charge < -0.3 is 13.2 Å². The van der Waals surface area contributed by atoms with Crippen molar-refractivity contribution >= 4 is 11.6 Å². The van der Waals surface area contributed by atoms with Crippen molar-refractivity contribution < 1.29 is 5.73 Å². The Morgan fingerprint density at radius 3 is 0.722 bits per heavy atom. The highest BCUT2D eigenvalue weighted by atomic mass is 35.5. The zero-order chi connectivity index (χ0) is 25.7. The third-order valence-electron chi connectivity index (χ3n) is 7.96. The lowest BCUT2D eigenvalue weighted by molar-refractivity contribution is -0.446. The fourth-order valence-corrected chi connectivity index (χ4v) is 5.66. The Morgan fingerprint density at radius 1 is 0.361 bits per heavy atom. The molecule has 0 rings (SSSR count). The lowest BCUT2D eigenvalue weighted by Gasteiger charge is -2.18. The summed E-state index contributed by atoms with van der Waals surface area (Å²) in [6, 6.07) is 0. The Bertz CT molecular complexity index is 347. The number of halogens is 1. The first-order chi connectivity index (χ1) is 17.1. The van der Waals surface area contributed by atoms with E-state index in [1.807, 2.05) is 0 Å². The van der Waals surface area contributed by atoms with Crippen LogP contribution in [0.5, 0.6) is 0 Å². The zero-order valence-electron chi connectivity index (χ0n) is 25.8. The molecule has 0 spiro atoms. The second-order valence-electron chi connectivity index (χ2n) is 11.8. The third kappa shape index (κ3) is 32.3. The molecule has 0 aliphatic heterocycles. The fraction of sp³-hybridized carbons (Fsp3) is 0.971. The van der Waals surface area contributed by atoms with Crippen molar-refractivity contribution in [3.63, 3.8) is 0 Å². The van der Waals surface area contributed by atoms with Crippen LogP contribution in [0.25, 0.3) is 0 Å². The summed E-state index contributed by atoms with van der Waals surface area (Å²) < 4.78 is 0. The first kappa shape index (κ1) is 38.4. The lowest BCUT2D eigenvalue weighted by atomic mass is 9.99. The molecule has 0 fully saturated rings. The van der Waals surface area contributed by atoms with Crippen LogP contribution in [0.2, 0.25) is 0 Å². The van der Waals surface area contributed by atoms with Gasteiger partial charge in [0.2, 0.25) is 0 Å². The average molecular weight is 530 g/mol. The first-order valence-corrected chi connectivity index (χ1v) is 17.0. The van der Waals surface area contributed by atoms with Crippen LogP contribution < -0.4 is 5.73 Å². The van der Waals surface area contributed by atoms with Gasteiger partial charge >= 0.3 is 0 Å². The molecule has 2 heteroatoms. The molecule has 0 radical (unpaired) electrons. The van der Waals surface area contributed by atoms with Crippen LogP contribution >= 0.6 is 11.6 Å². The predicted molar refractivity (Wildman–Crippen MR) is 168 cm³/mol. The average Bonchev–Trinajstić information content (AvgIpc) is 2.84. The lowest BCUT2D eigenvalue weighted by Crippen LogP contribution is -2.69. The Kier molecular flexibility index (Phi) is 33.6. The van der Waals surface area contributed by atoms with Crippen LogP contribution in [0, 0.1) is 7.43 Å². The highest BCUT2D eigenvalue weighted by Crippen LogP contribution is 2.23. The van der Waals surface area contributed by atoms with E-state index in [1.165, 1.54) is 180 Å². The molecule has 0 aromatic heterocycles. The largest absolute Gasteiger partial charge is 0.358 e. The summed E-state index contributed by atoms with van der Waals surface area (Å²) in [5.41, 5.74) is 4.33. The molecule has 0 saturated carbocycles. The van der Waals surface area contributed by atoms with Gasteiger partial charge in [0.25, 0.3) is 0 Å². The van der Waals surface area contributed by atoms with Gasteiger partial charge in [-0.15, -0.1) is 0 Å². The van der Waals surface area contributed by atoms with Gasteiger partial charge in [-0.05, 0) is 12.8 Å². The van der Waals surface area contributed by atoms with Crippen LogP contribution in [-0.2, 0) is 0 Å². The highest BCUT2D eigenvalue weighted by molar-refractivity contribution is 6.22. The zero-order valence-corrected chi connectivity index (χ0v) is 26.6. The minimum absolute atomic E-state index is 0. The van der Waals surface area contributed by atoms with Crippen LogP contribution in [0.15, 0.2) is 0 Å². The maximum atomic E-state index is 6.73. The molecule has 0 amide bonds. The summed E-state index contributed by atoms with van der Waals surface area (Å²) in [5, 5.41) is 0. The Balaban J connectivity index is 0. The van der Waals surface area contributed by atoms with Gasteiger partial charge in [0.05, 0.1) is 0 Å². The number of hydrogen-bond acceptors (Lipinski definition) is 0. The maximum absolute atomic E-state index is 6.73. The number of rotatable bonds is 30. The molecule has 0 unspecified atom stereocenters. The van der Waals surface area contributed by atoms with Crippen LogP contribution in [-0.4, -0.2) is 5.00 Å². The maximum Gasteiger partial charge on any atom is 0.170 e. The van der Waals surface area contributed by atoms with Gasteiger partial charge in [-0.1, -0.05) is 192 Å². The van der Waals surface area contributed by atoms with E-state index >= 15 is 0 Å². The number of quaternary nitrogens is 1. The number of alkyl halides is 1. The van der Waals surface area contributed by atoms with E-state index < -0.39 is 0 Å². The van der Waals surface area contributed by atoms with Crippen molar-refractivity contribution in [2.45, 2.75) is 211 Å². The molecule has 0 bridgehead atoms. The van der Waals surface area contributed by atoms with Gasteiger partial charge in [-0.2, -0.15) is 0 Å². The van der Waals surface area contributed by atoms with E-state index in [1.54, 1.807) is 0 Å². The second-order valence-corrected chi connectivity index (χ2v) is 12.6. The minimum atomic E-state index is -0.200. The van der Waals surface area contributed by atoms with Crippen LogP contribution in [0.1, 0.15) is 206 Å². The monoisotopic (exact) mass is 530 g/mol. The normalized spacial score (nSPS) is 11.7. The predicted octanol–water partition coefficient (Wildman–Crippen LogP) is 12.4. The van der Waals surface area contributed by atoms with Gasteiger partial charge in [0.15, 0.2) is 5.00 Å². The molecule has 36 heavy (non-hydrogen) atoms. The third-order valence-corrected chi connectivity index (χ3v) is 8.33. The molecule has 0 atom stereocenters. The van der Waals surface area contributed by atoms with Crippen molar-refractivity contribution in [3.8, 4) is 0 Å². The van der Waals surface area contributed by atoms with Gasteiger partial charge in [-0.25, -0.2) is 0 Å². The number of hydrogen-bond donors (Lipinski definition) is 1. The van der Waals surface area contributed by atoms with Crippen molar-refractivity contribution in [2.75, 3.05) is 0 Å². The molecule has 0 aliphatic rings. The molecular weight excluding hydrogens is 458 g/mol. The highest BCUT2D eigenvalue weighted by Gasteiger charge is 2.24. The molecule has 0 saturated heterocycles. The second kappa shape index (κ2) is 31.5. The van der Waals surface area contributed by atoms with Crippen molar-refractivity contribution in [1.82, 2.24) is 0 Å². The van der Waals surface area contributed by atoms with E-state index in [0.717, 1.165) is 12.8 Å². The summed E-state index contributed by atoms with van der Waals surface area (Å²) in [6.45, 7) is 4.60. The van der Waals surface area contributed by atoms with Gasteiger partial charge in [0, 0.05) is 12.8 Å². The molecule has 1 nitrogen and oxygen atoms in total. The topological polar surface area (TPSA) is 27.6 Å². The molecule has 0 aliphatic carbocycles. The van der Waals surface area contributed by atoms with E-state index in [2.05, 4.69) is 19.6 Å². The Hall–Kier alpha value is 0.250. The summed E-state index contributed by atoms with van der Waals surface area (Å²) in [5.74, 6) is 0.